The van der Waals surface area contributed by atoms with Crippen LogP contribution in [0.5, 0.6) is 0 Å². The molecule has 0 spiro atoms. The third kappa shape index (κ3) is 4.08. The number of Topliss-reactive ketones (excluding diaryl/α,β-unsaturated/α-hetero) is 1. The largest absolute Gasteiger partial charge is 0.456 e. The number of carbonyl (C=O) groups is 2. The first-order chi connectivity index (χ1) is 13.0. The second-order valence-corrected chi connectivity index (χ2v) is 5.87. The van der Waals surface area contributed by atoms with Crippen LogP contribution in [0.3, 0.4) is 0 Å². The van der Waals surface area contributed by atoms with Crippen molar-refractivity contribution in [2.45, 2.75) is 12.5 Å². The Morgan fingerprint density at radius 3 is 2.00 bits per heavy atom. The standard InChI is InChI=1S/C22H16F2O3/c23-22(24,20(25)17-11-5-2-6-12-17)21(26)27-15-18-13-7-8-14-19(18)16-9-3-1-4-10-16/h1-14H,15H2. The summed E-state index contributed by atoms with van der Waals surface area (Å²) in [6.45, 7) is -0.360. The number of alkyl halides is 2. The van der Waals surface area contributed by atoms with Crippen LogP contribution in [-0.4, -0.2) is 17.7 Å². The van der Waals surface area contributed by atoms with Gasteiger partial charge in [-0.25, -0.2) is 4.79 Å². The van der Waals surface area contributed by atoms with E-state index in [2.05, 4.69) is 0 Å². The quantitative estimate of drug-likeness (QED) is 0.353. The van der Waals surface area contributed by atoms with Gasteiger partial charge >= 0.3 is 11.9 Å². The Hall–Kier alpha value is -3.34. The molecule has 0 aliphatic heterocycles. The SMILES string of the molecule is O=C(OCc1ccccc1-c1ccccc1)C(F)(F)C(=O)c1ccccc1. The second-order valence-electron chi connectivity index (χ2n) is 5.87. The number of benzene rings is 3. The Morgan fingerprint density at radius 1 is 0.778 bits per heavy atom. The molecule has 0 bridgehead atoms. The molecule has 0 amide bonds. The molecule has 0 heterocycles. The van der Waals surface area contributed by atoms with Crippen LogP contribution >= 0.6 is 0 Å². The van der Waals surface area contributed by atoms with Crippen molar-refractivity contribution in [3.05, 3.63) is 96.1 Å². The van der Waals surface area contributed by atoms with Gasteiger partial charge in [-0.2, -0.15) is 8.78 Å². The number of esters is 1. The lowest BCUT2D eigenvalue weighted by Gasteiger charge is -2.15. The van der Waals surface area contributed by atoms with E-state index in [1.807, 2.05) is 36.4 Å². The van der Waals surface area contributed by atoms with Crippen LogP contribution in [0.25, 0.3) is 11.1 Å². The Balaban J connectivity index is 1.75. The van der Waals surface area contributed by atoms with Crippen LogP contribution in [0.2, 0.25) is 0 Å². The maximum atomic E-state index is 14.2. The summed E-state index contributed by atoms with van der Waals surface area (Å²) in [4.78, 5) is 23.9. The highest BCUT2D eigenvalue weighted by Crippen LogP contribution is 2.26. The molecule has 0 aliphatic carbocycles. The normalized spacial score (nSPS) is 11.0. The minimum atomic E-state index is -4.25. The van der Waals surface area contributed by atoms with Crippen molar-refractivity contribution in [2.24, 2.45) is 0 Å². The summed E-state index contributed by atoms with van der Waals surface area (Å²) in [7, 11) is 0. The average Bonchev–Trinajstić information content (AvgIpc) is 2.72. The zero-order valence-electron chi connectivity index (χ0n) is 14.3. The van der Waals surface area contributed by atoms with Crippen molar-refractivity contribution in [1.82, 2.24) is 0 Å². The number of rotatable bonds is 6. The van der Waals surface area contributed by atoms with E-state index >= 15 is 0 Å². The van der Waals surface area contributed by atoms with Crippen LogP contribution in [0.4, 0.5) is 8.78 Å². The summed E-state index contributed by atoms with van der Waals surface area (Å²) in [6.07, 6.45) is 0. The number of ether oxygens (including phenoxy) is 1. The monoisotopic (exact) mass is 366 g/mol. The molecule has 0 aromatic heterocycles. The fourth-order valence-corrected chi connectivity index (χ4v) is 2.64. The molecule has 0 unspecified atom stereocenters. The molecule has 0 fully saturated rings. The Bertz CT molecular complexity index is 938. The van der Waals surface area contributed by atoms with E-state index in [4.69, 9.17) is 4.74 Å². The van der Waals surface area contributed by atoms with E-state index in [0.29, 0.717) is 5.56 Å². The molecule has 3 aromatic carbocycles. The van der Waals surface area contributed by atoms with Crippen LogP contribution in [0, 0.1) is 0 Å². The molecule has 0 saturated carbocycles. The van der Waals surface area contributed by atoms with Crippen LogP contribution < -0.4 is 0 Å². The van der Waals surface area contributed by atoms with Crippen molar-refractivity contribution in [1.29, 1.82) is 0 Å². The molecular formula is C22H16F2O3. The van der Waals surface area contributed by atoms with E-state index in [9.17, 15) is 18.4 Å². The lowest BCUT2D eigenvalue weighted by Crippen LogP contribution is -2.39. The van der Waals surface area contributed by atoms with Gasteiger partial charge in [-0.3, -0.25) is 4.79 Å². The van der Waals surface area contributed by atoms with Gasteiger partial charge in [-0.1, -0.05) is 84.9 Å². The van der Waals surface area contributed by atoms with Gasteiger partial charge in [0, 0.05) is 5.56 Å². The summed E-state index contributed by atoms with van der Waals surface area (Å²) in [6, 6.07) is 23.3. The molecule has 3 rings (SSSR count). The molecule has 0 aliphatic rings. The molecule has 0 N–H and O–H groups in total. The number of hydrogen-bond donors (Lipinski definition) is 0. The van der Waals surface area contributed by atoms with Crippen LogP contribution in [0.15, 0.2) is 84.9 Å². The van der Waals surface area contributed by atoms with Crippen LogP contribution in [0.1, 0.15) is 15.9 Å². The van der Waals surface area contributed by atoms with Crippen molar-refractivity contribution < 1.29 is 23.1 Å². The fraction of sp³-hybridized carbons (Fsp3) is 0.0909. The highest BCUT2D eigenvalue weighted by atomic mass is 19.3. The van der Waals surface area contributed by atoms with E-state index in [-0.39, 0.29) is 12.2 Å². The maximum absolute atomic E-state index is 14.2. The van der Waals surface area contributed by atoms with Gasteiger partial charge in [0.2, 0.25) is 5.78 Å². The summed E-state index contributed by atoms with van der Waals surface area (Å²) in [5, 5.41) is 0. The molecule has 0 radical (unpaired) electrons. The second kappa shape index (κ2) is 7.91. The first kappa shape index (κ1) is 18.5. The average molecular weight is 366 g/mol. The van der Waals surface area contributed by atoms with Crippen molar-refractivity contribution in [3.8, 4) is 11.1 Å². The highest BCUT2D eigenvalue weighted by molar-refractivity contribution is 6.13. The summed E-state index contributed by atoms with van der Waals surface area (Å²) in [5.41, 5.74) is 1.96. The molecule has 5 heteroatoms. The Labute approximate surface area is 155 Å². The molecule has 27 heavy (non-hydrogen) atoms. The van der Waals surface area contributed by atoms with Crippen molar-refractivity contribution in [3.63, 3.8) is 0 Å². The van der Waals surface area contributed by atoms with Crippen molar-refractivity contribution >= 4 is 11.8 Å². The zero-order chi connectivity index (χ0) is 19.3. The van der Waals surface area contributed by atoms with E-state index in [1.54, 1.807) is 24.3 Å². The molecule has 136 valence electrons. The minimum Gasteiger partial charge on any atom is -0.456 e. The smallest absolute Gasteiger partial charge is 0.404 e. The summed E-state index contributed by atoms with van der Waals surface area (Å²) < 4.78 is 33.2. The van der Waals surface area contributed by atoms with Gasteiger partial charge in [0.1, 0.15) is 6.61 Å². The van der Waals surface area contributed by atoms with Crippen molar-refractivity contribution in [2.75, 3.05) is 0 Å². The maximum Gasteiger partial charge on any atom is 0.404 e. The molecule has 3 aromatic rings. The van der Waals surface area contributed by atoms with E-state index in [1.165, 1.54) is 24.3 Å². The lowest BCUT2D eigenvalue weighted by molar-refractivity contribution is -0.166. The van der Waals surface area contributed by atoms with Gasteiger partial charge in [0.25, 0.3) is 0 Å². The number of halogens is 2. The third-order valence-electron chi connectivity index (χ3n) is 4.04. The highest BCUT2D eigenvalue weighted by Gasteiger charge is 2.49. The summed E-state index contributed by atoms with van der Waals surface area (Å²) >= 11 is 0. The van der Waals surface area contributed by atoms with Gasteiger partial charge < -0.3 is 4.74 Å². The number of ketones is 1. The topological polar surface area (TPSA) is 43.4 Å². The molecule has 0 saturated heterocycles. The van der Waals surface area contributed by atoms with E-state index < -0.39 is 17.7 Å². The Morgan fingerprint density at radius 2 is 1.33 bits per heavy atom. The van der Waals surface area contributed by atoms with Crippen LogP contribution in [-0.2, 0) is 16.1 Å². The first-order valence-corrected chi connectivity index (χ1v) is 8.28. The first-order valence-electron chi connectivity index (χ1n) is 8.28. The number of hydrogen-bond acceptors (Lipinski definition) is 3. The van der Waals surface area contributed by atoms with Gasteiger partial charge in [0.05, 0.1) is 0 Å². The number of carbonyl (C=O) groups excluding carboxylic acids is 2. The third-order valence-corrected chi connectivity index (χ3v) is 4.04. The molecule has 3 nitrogen and oxygen atoms in total. The predicted octanol–water partition coefficient (Wildman–Crippen LogP) is 4.92. The lowest BCUT2D eigenvalue weighted by atomic mass is 10.0. The van der Waals surface area contributed by atoms with Gasteiger partial charge in [-0.15, -0.1) is 0 Å². The predicted molar refractivity (Wildman–Crippen MR) is 97.4 cm³/mol. The fourth-order valence-electron chi connectivity index (χ4n) is 2.64. The Kier molecular flexibility index (Phi) is 5.41. The van der Waals surface area contributed by atoms with E-state index in [0.717, 1.165) is 11.1 Å². The van der Waals surface area contributed by atoms with Gasteiger partial charge in [-0.05, 0) is 16.7 Å². The summed E-state index contributed by atoms with van der Waals surface area (Å²) in [5.74, 6) is -7.69. The molecule has 0 atom stereocenters. The molecular weight excluding hydrogens is 350 g/mol. The minimum absolute atomic E-state index is 0.246. The van der Waals surface area contributed by atoms with Gasteiger partial charge in [0.15, 0.2) is 0 Å². The zero-order valence-corrected chi connectivity index (χ0v) is 14.3.